The number of esters is 1. The number of ether oxygens (including phenoxy) is 4. The van der Waals surface area contributed by atoms with E-state index >= 15 is 0 Å². The third kappa shape index (κ3) is 10.6. The highest BCUT2D eigenvalue weighted by Gasteiger charge is 2.28. The average molecular weight is 838 g/mol. The Balaban J connectivity index is 0.00000673. The highest BCUT2D eigenvalue weighted by Crippen LogP contribution is 2.39. The summed E-state index contributed by atoms with van der Waals surface area (Å²) in [6.07, 6.45) is 1.36. The highest BCUT2D eigenvalue weighted by molar-refractivity contribution is 9.08. The van der Waals surface area contributed by atoms with E-state index in [4.69, 9.17) is 30.5 Å². The number of rotatable bonds is 16. The predicted octanol–water partition coefficient (Wildman–Crippen LogP) is 10.9. The quantitative estimate of drug-likeness (QED) is 0.0599. The molecule has 0 radical (unpaired) electrons. The van der Waals surface area contributed by atoms with Gasteiger partial charge >= 0.3 is 12.1 Å². The monoisotopic (exact) mass is 836 g/mol. The number of aryl methyl sites for hydroxylation is 4. The third-order valence-electron chi connectivity index (χ3n) is 8.92. The second-order valence-corrected chi connectivity index (χ2v) is 15.2. The van der Waals surface area contributed by atoms with Crippen LogP contribution in [0.15, 0.2) is 60.7 Å². The smallest absolute Gasteiger partial charge is 0.410 e. The van der Waals surface area contributed by atoms with Crippen LogP contribution in [0.4, 0.5) is 4.79 Å². The minimum Gasteiger partial charge on any atom is -0.494 e. The minimum absolute atomic E-state index is 0. The lowest BCUT2D eigenvalue weighted by Gasteiger charge is -2.24. The lowest BCUT2D eigenvalue weighted by Crippen LogP contribution is -2.35. The van der Waals surface area contributed by atoms with E-state index < -0.39 is 17.7 Å². The van der Waals surface area contributed by atoms with Gasteiger partial charge in [0.25, 0.3) is 0 Å². The van der Waals surface area contributed by atoms with Crippen LogP contribution in [-0.4, -0.2) is 64.1 Å². The van der Waals surface area contributed by atoms with Crippen molar-refractivity contribution in [1.82, 2.24) is 19.7 Å². The van der Waals surface area contributed by atoms with Crippen molar-refractivity contribution < 1.29 is 28.5 Å². The SMILES string of the molecule is C.CCOC(=O)c1c(CCCOc2cc(C)c(Cl)c(C)c2)c2cccc(-c3c(CBr)n[nH]c3COc3ccccc3)c2n1CCCN(C)C(=O)OC(C)(C)C. The van der Waals surface area contributed by atoms with Gasteiger partial charge in [-0.05, 0) is 102 Å². The zero-order chi connectivity index (χ0) is 39.0. The molecule has 0 spiro atoms. The molecule has 0 aliphatic rings. The molecular weight excluding hydrogens is 784 g/mol. The second kappa shape index (κ2) is 19.4. The normalized spacial score (nSPS) is 11.3. The number of aromatic nitrogens is 3. The number of fused-ring (bicyclic) bond motifs is 1. The fraction of sp³-hybridized carbons (Fsp3) is 0.419. The van der Waals surface area contributed by atoms with Crippen LogP contribution < -0.4 is 9.47 Å². The summed E-state index contributed by atoms with van der Waals surface area (Å²) in [6.45, 7) is 13.0. The first kappa shape index (κ1) is 43.3. The maximum atomic E-state index is 14.0. The standard InChI is InChI=1S/C42H50BrClN4O6.CH4/c1-8-51-40(49)39-32(19-13-22-52-30-23-27(2)37(44)28(3)24-30)31-17-12-18-33(38(31)48(39)21-14-20-47(7)41(50)54-42(4,5)6)36-34(25-43)45-46-35(36)26-53-29-15-10-9-11-16-29;/h9-12,15-18,23-24H,8,13-14,19-22,25-26H2,1-7H3,(H,45,46);1H4. The molecule has 0 fully saturated rings. The number of nitrogens with one attached hydrogen (secondary N) is 1. The van der Waals surface area contributed by atoms with Gasteiger partial charge in [0.1, 0.15) is 29.4 Å². The molecule has 12 heteroatoms. The summed E-state index contributed by atoms with van der Waals surface area (Å²) in [5.41, 5.74) is 6.97. The van der Waals surface area contributed by atoms with Crippen molar-refractivity contribution in [1.29, 1.82) is 0 Å². The Morgan fingerprint density at radius 3 is 2.35 bits per heavy atom. The first-order valence-electron chi connectivity index (χ1n) is 18.3. The van der Waals surface area contributed by atoms with Crippen molar-refractivity contribution in [2.24, 2.45) is 0 Å². The van der Waals surface area contributed by atoms with Gasteiger partial charge in [-0.3, -0.25) is 5.10 Å². The van der Waals surface area contributed by atoms with Crippen LogP contribution in [0.1, 0.15) is 86.5 Å². The van der Waals surface area contributed by atoms with Crippen molar-refractivity contribution in [2.45, 2.75) is 92.3 Å². The number of halogens is 2. The van der Waals surface area contributed by atoms with Gasteiger partial charge in [0.15, 0.2) is 0 Å². The Morgan fingerprint density at radius 1 is 0.982 bits per heavy atom. The molecule has 2 aromatic heterocycles. The molecule has 3 aromatic carbocycles. The van der Waals surface area contributed by atoms with Crippen molar-refractivity contribution in [3.8, 4) is 22.6 Å². The second-order valence-electron chi connectivity index (χ2n) is 14.2. The zero-order valence-corrected chi connectivity index (χ0v) is 34.5. The number of para-hydroxylation sites is 2. The highest BCUT2D eigenvalue weighted by atomic mass is 79.9. The van der Waals surface area contributed by atoms with E-state index in [1.165, 1.54) is 0 Å². The lowest BCUT2D eigenvalue weighted by molar-refractivity contribution is 0.0294. The number of carbonyl (C=O) groups is 2. The van der Waals surface area contributed by atoms with Crippen molar-refractivity contribution >= 4 is 50.5 Å². The number of H-pyrrole nitrogens is 1. The Hall–Kier alpha value is -4.48. The summed E-state index contributed by atoms with van der Waals surface area (Å²) in [5.74, 6) is 1.10. The van der Waals surface area contributed by atoms with Gasteiger partial charge in [0.2, 0.25) is 0 Å². The molecule has 296 valence electrons. The molecule has 0 bridgehead atoms. The number of aromatic amines is 1. The summed E-state index contributed by atoms with van der Waals surface area (Å²) < 4.78 is 25.8. The molecule has 0 atom stereocenters. The van der Waals surface area contributed by atoms with Gasteiger partial charge in [0.05, 0.1) is 30.1 Å². The van der Waals surface area contributed by atoms with E-state index in [-0.39, 0.29) is 20.6 Å². The molecule has 0 unspecified atom stereocenters. The number of amides is 1. The molecule has 0 saturated heterocycles. The number of benzene rings is 3. The fourth-order valence-electron chi connectivity index (χ4n) is 6.53. The summed E-state index contributed by atoms with van der Waals surface area (Å²) in [5, 5.41) is 10.0. The van der Waals surface area contributed by atoms with E-state index in [1.807, 2.05) is 90.1 Å². The largest absolute Gasteiger partial charge is 0.494 e. The molecule has 10 nitrogen and oxygen atoms in total. The summed E-state index contributed by atoms with van der Waals surface area (Å²) in [4.78, 5) is 28.4. The molecule has 1 amide bonds. The van der Waals surface area contributed by atoms with Crippen LogP contribution in [0.2, 0.25) is 5.02 Å². The predicted molar refractivity (Wildman–Crippen MR) is 224 cm³/mol. The van der Waals surface area contributed by atoms with Crippen LogP contribution in [0.5, 0.6) is 11.5 Å². The molecule has 2 heterocycles. The molecule has 0 saturated carbocycles. The Bertz CT molecular complexity index is 2050. The van der Waals surface area contributed by atoms with Crippen LogP contribution in [0.25, 0.3) is 22.0 Å². The van der Waals surface area contributed by atoms with Crippen LogP contribution in [0, 0.1) is 13.8 Å². The van der Waals surface area contributed by atoms with Crippen molar-refractivity contribution in [2.75, 3.05) is 26.8 Å². The van der Waals surface area contributed by atoms with Crippen molar-refractivity contribution in [3.05, 3.63) is 99.5 Å². The van der Waals surface area contributed by atoms with E-state index in [9.17, 15) is 9.59 Å². The van der Waals surface area contributed by atoms with Gasteiger partial charge in [-0.15, -0.1) is 0 Å². The molecule has 5 aromatic rings. The topological polar surface area (TPSA) is 108 Å². The summed E-state index contributed by atoms with van der Waals surface area (Å²) >= 11 is 10.0. The van der Waals surface area contributed by atoms with E-state index in [1.54, 1.807) is 11.9 Å². The van der Waals surface area contributed by atoms with Crippen molar-refractivity contribution in [3.63, 3.8) is 0 Å². The van der Waals surface area contributed by atoms with Gasteiger partial charge in [0, 0.05) is 47.0 Å². The van der Waals surface area contributed by atoms with Gasteiger partial charge in [-0.25, -0.2) is 9.59 Å². The van der Waals surface area contributed by atoms with Crippen LogP contribution in [-0.2, 0) is 34.4 Å². The Morgan fingerprint density at radius 2 is 1.69 bits per heavy atom. The molecule has 1 N–H and O–H groups in total. The lowest BCUT2D eigenvalue weighted by atomic mass is 9.98. The van der Waals surface area contributed by atoms with Gasteiger partial charge in [-0.2, -0.15) is 5.10 Å². The molecule has 0 aliphatic carbocycles. The molecule has 0 aliphatic heterocycles. The van der Waals surface area contributed by atoms with E-state index in [0.29, 0.717) is 50.0 Å². The number of nitrogens with zero attached hydrogens (tertiary/aromatic N) is 3. The maximum Gasteiger partial charge on any atom is 0.410 e. The Labute approximate surface area is 338 Å². The number of hydrogen-bond donors (Lipinski definition) is 1. The first-order chi connectivity index (χ1) is 25.8. The van der Waals surface area contributed by atoms with E-state index in [2.05, 4.69) is 42.8 Å². The first-order valence-corrected chi connectivity index (χ1v) is 19.8. The molecular formula is C43H54BrClN4O6. The number of carbonyl (C=O) groups excluding carboxylic acids is 2. The third-order valence-corrected chi connectivity index (χ3v) is 10.1. The van der Waals surface area contributed by atoms with Gasteiger partial charge < -0.3 is 28.4 Å². The van der Waals surface area contributed by atoms with Gasteiger partial charge in [-0.1, -0.05) is 71.4 Å². The van der Waals surface area contributed by atoms with E-state index in [0.717, 1.165) is 66.6 Å². The maximum absolute atomic E-state index is 14.0. The van der Waals surface area contributed by atoms with Crippen LogP contribution in [0.3, 0.4) is 0 Å². The minimum atomic E-state index is -0.614. The Kier molecular flexibility index (Phi) is 15.3. The van der Waals surface area contributed by atoms with Crippen LogP contribution >= 0.6 is 27.5 Å². The number of hydrogen-bond acceptors (Lipinski definition) is 7. The summed E-state index contributed by atoms with van der Waals surface area (Å²) in [6, 6.07) is 19.7. The fourth-order valence-corrected chi connectivity index (χ4v) is 7.04. The summed E-state index contributed by atoms with van der Waals surface area (Å²) in [7, 11) is 1.72. The zero-order valence-electron chi connectivity index (χ0n) is 32.2. The molecule has 5 rings (SSSR count). The molecule has 55 heavy (non-hydrogen) atoms. The number of alkyl halides is 1. The average Bonchev–Trinajstić information content (AvgIpc) is 3.69.